The first kappa shape index (κ1) is 17.1. The van der Waals surface area contributed by atoms with E-state index in [1.54, 1.807) is 12.1 Å². The summed E-state index contributed by atoms with van der Waals surface area (Å²) in [5.41, 5.74) is -0.205. The summed E-state index contributed by atoms with van der Waals surface area (Å²) in [6.45, 7) is 0. The lowest BCUT2D eigenvalue weighted by atomic mass is 10.1. The minimum absolute atomic E-state index is 0.0902. The van der Waals surface area contributed by atoms with Crippen molar-refractivity contribution in [1.29, 1.82) is 0 Å². The van der Waals surface area contributed by atoms with Gasteiger partial charge in [-0.3, -0.25) is 0 Å². The number of carbonyl (C=O) groups is 1. The molecule has 0 bridgehead atoms. The second kappa shape index (κ2) is 6.64. The maximum atomic E-state index is 12.6. The molecule has 0 saturated heterocycles. The molecule has 0 aromatic heterocycles. The van der Waals surface area contributed by atoms with E-state index in [0.29, 0.717) is 5.69 Å². The fourth-order valence-corrected chi connectivity index (χ4v) is 2.63. The summed E-state index contributed by atoms with van der Waals surface area (Å²) in [6.07, 6.45) is -4.49. The first-order chi connectivity index (χ1) is 11.8. The van der Waals surface area contributed by atoms with E-state index in [0.717, 1.165) is 29.0 Å². The lowest BCUT2D eigenvalue weighted by molar-refractivity contribution is -0.137. The Kier molecular flexibility index (Phi) is 4.55. The van der Waals surface area contributed by atoms with Gasteiger partial charge >= 0.3 is 12.2 Å². The van der Waals surface area contributed by atoms with Crippen molar-refractivity contribution in [1.82, 2.24) is 0 Å². The van der Waals surface area contributed by atoms with Crippen LogP contribution in [0.5, 0.6) is 0 Å². The predicted molar refractivity (Wildman–Crippen MR) is 93.0 cm³/mol. The maximum absolute atomic E-state index is 12.6. The average molecular weight is 365 g/mol. The van der Waals surface area contributed by atoms with Crippen molar-refractivity contribution >= 4 is 39.8 Å². The smallest absolute Gasteiger partial charge is 0.307 e. The Bertz CT molecular complexity index is 936. The van der Waals surface area contributed by atoms with Crippen molar-refractivity contribution in [3.63, 3.8) is 0 Å². The highest BCUT2D eigenvalue weighted by molar-refractivity contribution is 6.34. The third-order valence-corrected chi connectivity index (χ3v) is 3.90. The molecular formula is C18H12ClF3N2O. The van der Waals surface area contributed by atoms with Gasteiger partial charge in [0.25, 0.3) is 0 Å². The lowest BCUT2D eigenvalue weighted by Gasteiger charge is -2.13. The molecule has 0 fully saturated rings. The van der Waals surface area contributed by atoms with Crippen LogP contribution in [0.3, 0.4) is 0 Å². The number of halogens is 4. The van der Waals surface area contributed by atoms with Gasteiger partial charge in [0.05, 0.1) is 22.0 Å². The van der Waals surface area contributed by atoms with Crippen molar-refractivity contribution < 1.29 is 18.0 Å². The number of alkyl halides is 3. The second-order valence-electron chi connectivity index (χ2n) is 5.30. The molecule has 0 unspecified atom stereocenters. The minimum atomic E-state index is -4.49. The standard InChI is InChI=1S/C18H12ClF3N2O/c19-14-10-12(18(20,21)22)8-9-16(14)24-17(25)23-15-7-3-5-11-4-1-2-6-13(11)15/h1-10H,(H2,23,24,25). The summed E-state index contributed by atoms with van der Waals surface area (Å²) in [6, 6.07) is 15.1. The number of hydrogen-bond donors (Lipinski definition) is 2. The topological polar surface area (TPSA) is 41.1 Å². The van der Waals surface area contributed by atoms with E-state index in [-0.39, 0.29) is 10.7 Å². The largest absolute Gasteiger partial charge is 0.416 e. The average Bonchev–Trinajstić information content (AvgIpc) is 2.56. The van der Waals surface area contributed by atoms with Crippen LogP contribution in [-0.4, -0.2) is 6.03 Å². The van der Waals surface area contributed by atoms with Crippen LogP contribution in [0.4, 0.5) is 29.3 Å². The number of fused-ring (bicyclic) bond motifs is 1. The first-order valence-corrected chi connectivity index (χ1v) is 7.65. The molecule has 3 nitrogen and oxygen atoms in total. The van der Waals surface area contributed by atoms with Gasteiger partial charge in [0.2, 0.25) is 0 Å². The Labute approximate surface area is 146 Å². The molecule has 0 radical (unpaired) electrons. The molecule has 0 heterocycles. The van der Waals surface area contributed by atoms with E-state index >= 15 is 0 Å². The number of hydrogen-bond acceptors (Lipinski definition) is 1. The minimum Gasteiger partial charge on any atom is -0.307 e. The summed E-state index contributed by atoms with van der Waals surface area (Å²) >= 11 is 5.84. The molecule has 3 rings (SSSR count). The van der Waals surface area contributed by atoms with Crippen LogP contribution in [0.2, 0.25) is 5.02 Å². The molecule has 2 amide bonds. The van der Waals surface area contributed by atoms with Gasteiger partial charge in [-0.2, -0.15) is 13.2 Å². The molecule has 3 aromatic rings. The molecule has 7 heteroatoms. The van der Waals surface area contributed by atoms with E-state index < -0.39 is 17.8 Å². The molecule has 2 N–H and O–H groups in total. The summed E-state index contributed by atoms with van der Waals surface area (Å²) in [5.74, 6) is 0. The zero-order valence-electron chi connectivity index (χ0n) is 12.7. The normalized spacial score (nSPS) is 11.4. The van der Waals surface area contributed by atoms with Crippen molar-refractivity contribution in [2.75, 3.05) is 10.6 Å². The Morgan fingerprint density at radius 3 is 2.28 bits per heavy atom. The Balaban J connectivity index is 1.79. The van der Waals surface area contributed by atoms with E-state index in [2.05, 4.69) is 10.6 Å². The van der Waals surface area contributed by atoms with Gasteiger partial charge in [0.1, 0.15) is 0 Å². The number of benzene rings is 3. The van der Waals surface area contributed by atoms with Crippen LogP contribution < -0.4 is 10.6 Å². The van der Waals surface area contributed by atoms with Crippen LogP contribution in [0.15, 0.2) is 60.7 Å². The van der Waals surface area contributed by atoms with Crippen molar-refractivity contribution in [3.05, 3.63) is 71.2 Å². The fourth-order valence-electron chi connectivity index (χ4n) is 2.40. The van der Waals surface area contributed by atoms with Crippen LogP contribution in [-0.2, 0) is 6.18 Å². The van der Waals surface area contributed by atoms with E-state index in [4.69, 9.17) is 11.6 Å². The van der Waals surface area contributed by atoms with Crippen LogP contribution in [0.1, 0.15) is 5.56 Å². The van der Waals surface area contributed by atoms with E-state index in [9.17, 15) is 18.0 Å². The Morgan fingerprint density at radius 1 is 0.880 bits per heavy atom. The van der Waals surface area contributed by atoms with Crippen molar-refractivity contribution in [2.24, 2.45) is 0 Å². The highest BCUT2D eigenvalue weighted by atomic mass is 35.5. The zero-order valence-corrected chi connectivity index (χ0v) is 13.4. The van der Waals surface area contributed by atoms with Crippen LogP contribution in [0, 0.1) is 0 Å². The predicted octanol–water partition coefficient (Wildman–Crippen LogP) is 6.16. The highest BCUT2D eigenvalue weighted by Gasteiger charge is 2.31. The maximum Gasteiger partial charge on any atom is 0.416 e. The lowest BCUT2D eigenvalue weighted by Crippen LogP contribution is -2.20. The third-order valence-electron chi connectivity index (χ3n) is 3.58. The van der Waals surface area contributed by atoms with Gasteiger partial charge < -0.3 is 10.6 Å². The monoisotopic (exact) mass is 364 g/mol. The van der Waals surface area contributed by atoms with Crippen LogP contribution >= 0.6 is 11.6 Å². The summed E-state index contributed by atoms with van der Waals surface area (Å²) < 4.78 is 37.9. The molecular weight excluding hydrogens is 353 g/mol. The molecule has 0 spiro atoms. The summed E-state index contributed by atoms with van der Waals surface area (Å²) in [5, 5.41) is 6.73. The van der Waals surface area contributed by atoms with Gasteiger partial charge in [-0.1, -0.05) is 48.0 Å². The SMILES string of the molecule is O=C(Nc1ccc(C(F)(F)F)cc1Cl)Nc1cccc2ccccc12. The first-order valence-electron chi connectivity index (χ1n) is 7.27. The number of amides is 2. The molecule has 0 aliphatic heterocycles. The van der Waals surface area contributed by atoms with E-state index in [1.165, 1.54) is 0 Å². The van der Waals surface area contributed by atoms with Crippen LogP contribution in [0.25, 0.3) is 10.8 Å². The van der Waals surface area contributed by atoms with Gasteiger partial charge in [-0.25, -0.2) is 4.79 Å². The number of nitrogens with one attached hydrogen (secondary N) is 2. The number of carbonyl (C=O) groups excluding carboxylic acids is 1. The summed E-state index contributed by atoms with van der Waals surface area (Å²) in [7, 11) is 0. The van der Waals surface area contributed by atoms with E-state index in [1.807, 2.05) is 30.3 Å². The second-order valence-corrected chi connectivity index (χ2v) is 5.71. The van der Waals surface area contributed by atoms with Gasteiger partial charge in [0.15, 0.2) is 0 Å². The number of urea groups is 1. The molecule has 3 aromatic carbocycles. The Morgan fingerprint density at radius 2 is 1.56 bits per heavy atom. The summed E-state index contributed by atoms with van der Waals surface area (Å²) in [4.78, 5) is 12.2. The van der Waals surface area contributed by atoms with Gasteiger partial charge in [0, 0.05) is 5.39 Å². The zero-order chi connectivity index (χ0) is 18.0. The highest BCUT2D eigenvalue weighted by Crippen LogP contribution is 2.33. The molecule has 128 valence electrons. The molecule has 25 heavy (non-hydrogen) atoms. The molecule has 0 saturated carbocycles. The van der Waals surface area contributed by atoms with Gasteiger partial charge in [-0.05, 0) is 29.7 Å². The third kappa shape index (κ3) is 3.85. The quantitative estimate of drug-likeness (QED) is 0.562. The Hall–Kier alpha value is -2.73. The van der Waals surface area contributed by atoms with Crippen molar-refractivity contribution in [3.8, 4) is 0 Å². The fraction of sp³-hybridized carbons (Fsp3) is 0.0556. The number of anilines is 2. The molecule has 0 aliphatic carbocycles. The molecule has 0 aliphatic rings. The molecule has 0 atom stereocenters. The van der Waals surface area contributed by atoms with Gasteiger partial charge in [-0.15, -0.1) is 0 Å². The number of rotatable bonds is 2. The van der Waals surface area contributed by atoms with Crippen molar-refractivity contribution in [2.45, 2.75) is 6.18 Å².